The number of nitrogens with one attached hydrogen (secondary N) is 1. The number of aryl methyl sites for hydroxylation is 1. The van der Waals surface area contributed by atoms with Crippen LogP contribution in [-0.4, -0.2) is 6.54 Å². The molecule has 0 fully saturated rings. The van der Waals surface area contributed by atoms with Gasteiger partial charge in [-0.25, -0.2) is 0 Å². The summed E-state index contributed by atoms with van der Waals surface area (Å²) in [4.78, 5) is 4.37. The molecule has 0 aliphatic carbocycles. The largest absolute Gasteiger partial charge is 0.309 e. The maximum absolute atomic E-state index is 3.68. The molecule has 1 nitrogen and oxygen atoms in total. The standard InChI is InChI=1S/C15H20BrNS2/c1-3-8-17-13(10-15-12(16)7-9-18-15)14-6-5-11(4-2)19-14/h5-7,9,13,17H,3-4,8,10H2,1-2H3. The molecule has 2 heterocycles. The van der Waals surface area contributed by atoms with Crippen molar-refractivity contribution in [2.75, 3.05) is 6.54 Å². The van der Waals surface area contributed by atoms with Crippen LogP contribution in [-0.2, 0) is 12.8 Å². The molecule has 1 N–H and O–H groups in total. The molecule has 0 radical (unpaired) electrons. The zero-order valence-electron chi connectivity index (χ0n) is 11.4. The molecule has 19 heavy (non-hydrogen) atoms. The highest BCUT2D eigenvalue weighted by Crippen LogP contribution is 2.31. The van der Waals surface area contributed by atoms with Crippen molar-refractivity contribution >= 4 is 38.6 Å². The Morgan fingerprint density at radius 3 is 2.68 bits per heavy atom. The first-order valence-corrected chi connectivity index (χ1v) is 9.27. The molecule has 4 heteroatoms. The minimum atomic E-state index is 0.445. The van der Waals surface area contributed by atoms with Crippen molar-refractivity contribution in [2.45, 2.75) is 39.2 Å². The number of hydrogen-bond acceptors (Lipinski definition) is 3. The van der Waals surface area contributed by atoms with E-state index in [0.717, 1.165) is 19.4 Å². The maximum Gasteiger partial charge on any atom is 0.0464 e. The van der Waals surface area contributed by atoms with E-state index < -0.39 is 0 Å². The first-order chi connectivity index (χ1) is 9.24. The lowest BCUT2D eigenvalue weighted by Crippen LogP contribution is -2.23. The predicted molar refractivity (Wildman–Crippen MR) is 90.5 cm³/mol. The second kappa shape index (κ2) is 7.58. The molecule has 2 aromatic heterocycles. The average Bonchev–Trinajstić information content (AvgIpc) is 3.04. The normalized spacial score (nSPS) is 12.8. The Morgan fingerprint density at radius 1 is 1.26 bits per heavy atom. The lowest BCUT2D eigenvalue weighted by atomic mass is 10.1. The van der Waals surface area contributed by atoms with Crippen LogP contribution in [0.25, 0.3) is 0 Å². The van der Waals surface area contributed by atoms with Crippen LogP contribution in [0.2, 0.25) is 0 Å². The van der Waals surface area contributed by atoms with Gasteiger partial charge in [-0.3, -0.25) is 0 Å². The fourth-order valence-corrected chi connectivity index (χ4v) is 4.61. The summed E-state index contributed by atoms with van der Waals surface area (Å²) >= 11 is 7.42. The van der Waals surface area contributed by atoms with Crippen LogP contribution >= 0.6 is 38.6 Å². The van der Waals surface area contributed by atoms with Crippen molar-refractivity contribution in [1.82, 2.24) is 5.32 Å². The van der Waals surface area contributed by atoms with E-state index >= 15 is 0 Å². The molecule has 0 aliphatic heterocycles. The molecule has 0 saturated heterocycles. The fraction of sp³-hybridized carbons (Fsp3) is 0.467. The summed E-state index contributed by atoms with van der Waals surface area (Å²) in [5, 5.41) is 5.84. The van der Waals surface area contributed by atoms with Crippen molar-refractivity contribution in [2.24, 2.45) is 0 Å². The van der Waals surface area contributed by atoms with Crippen molar-refractivity contribution in [3.8, 4) is 0 Å². The van der Waals surface area contributed by atoms with Gasteiger partial charge in [-0.1, -0.05) is 13.8 Å². The number of halogens is 1. The molecular weight excluding hydrogens is 338 g/mol. The molecule has 0 amide bonds. The molecule has 2 rings (SSSR count). The van der Waals surface area contributed by atoms with Crippen LogP contribution in [0.15, 0.2) is 28.1 Å². The summed E-state index contributed by atoms with van der Waals surface area (Å²) in [5.41, 5.74) is 0. The van der Waals surface area contributed by atoms with E-state index in [4.69, 9.17) is 0 Å². The van der Waals surface area contributed by atoms with E-state index in [1.807, 2.05) is 22.7 Å². The first-order valence-electron chi connectivity index (χ1n) is 6.78. The van der Waals surface area contributed by atoms with Crippen LogP contribution in [0.1, 0.15) is 40.9 Å². The maximum atomic E-state index is 3.68. The monoisotopic (exact) mass is 357 g/mol. The minimum absolute atomic E-state index is 0.445. The highest BCUT2D eigenvalue weighted by atomic mass is 79.9. The zero-order valence-corrected chi connectivity index (χ0v) is 14.6. The topological polar surface area (TPSA) is 12.0 Å². The zero-order chi connectivity index (χ0) is 13.7. The summed E-state index contributed by atoms with van der Waals surface area (Å²) in [6, 6.07) is 7.14. The molecule has 0 aromatic carbocycles. The third kappa shape index (κ3) is 4.15. The van der Waals surface area contributed by atoms with Gasteiger partial charge in [0.1, 0.15) is 0 Å². The summed E-state index contributed by atoms with van der Waals surface area (Å²) in [7, 11) is 0. The van der Waals surface area contributed by atoms with Crippen LogP contribution in [0.3, 0.4) is 0 Å². The van der Waals surface area contributed by atoms with Crippen LogP contribution in [0.5, 0.6) is 0 Å². The molecule has 0 aliphatic rings. The van der Waals surface area contributed by atoms with E-state index in [1.54, 1.807) is 0 Å². The Hall–Kier alpha value is -0.160. The lowest BCUT2D eigenvalue weighted by molar-refractivity contribution is 0.539. The van der Waals surface area contributed by atoms with Gasteiger partial charge >= 0.3 is 0 Å². The number of thiophene rings is 2. The van der Waals surface area contributed by atoms with Gasteiger partial charge in [0.2, 0.25) is 0 Å². The van der Waals surface area contributed by atoms with E-state index in [9.17, 15) is 0 Å². The number of rotatable bonds is 7. The predicted octanol–water partition coefficient (Wildman–Crippen LogP) is 5.42. The second-order valence-electron chi connectivity index (χ2n) is 4.56. The molecule has 0 bridgehead atoms. The van der Waals surface area contributed by atoms with Crippen molar-refractivity contribution in [3.05, 3.63) is 42.7 Å². The third-order valence-electron chi connectivity index (χ3n) is 3.10. The molecule has 0 spiro atoms. The highest BCUT2D eigenvalue weighted by Gasteiger charge is 2.16. The molecule has 104 valence electrons. The summed E-state index contributed by atoms with van der Waals surface area (Å²) in [5.74, 6) is 0. The van der Waals surface area contributed by atoms with Crippen LogP contribution < -0.4 is 5.32 Å². The van der Waals surface area contributed by atoms with Gasteiger partial charge < -0.3 is 5.32 Å². The summed E-state index contributed by atoms with van der Waals surface area (Å²) < 4.78 is 1.24. The highest BCUT2D eigenvalue weighted by molar-refractivity contribution is 9.10. The van der Waals surface area contributed by atoms with Gasteiger partial charge in [0, 0.05) is 31.6 Å². The molecule has 0 saturated carbocycles. The second-order valence-corrected chi connectivity index (χ2v) is 7.62. The van der Waals surface area contributed by atoms with Gasteiger partial charge in [0.15, 0.2) is 0 Å². The fourth-order valence-electron chi connectivity index (χ4n) is 2.02. The van der Waals surface area contributed by atoms with E-state index in [0.29, 0.717) is 6.04 Å². The Balaban J connectivity index is 2.13. The first kappa shape index (κ1) is 15.2. The smallest absolute Gasteiger partial charge is 0.0464 e. The third-order valence-corrected chi connectivity index (χ3v) is 6.39. The Bertz CT molecular complexity index is 504. The van der Waals surface area contributed by atoms with Crippen molar-refractivity contribution < 1.29 is 0 Å². The summed E-state index contributed by atoms with van der Waals surface area (Å²) in [6.07, 6.45) is 3.38. The Morgan fingerprint density at radius 2 is 2.11 bits per heavy atom. The Labute approximate surface area is 132 Å². The van der Waals surface area contributed by atoms with Gasteiger partial charge in [-0.05, 0) is 58.9 Å². The Kier molecular flexibility index (Phi) is 6.07. The SMILES string of the molecule is CCCNC(Cc1sccc1Br)c1ccc(CC)s1. The van der Waals surface area contributed by atoms with E-state index in [1.165, 1.54) is 25.5 Å². The average molecular weight is 358 g/mol. The van der Waals surface area contributed by atoms with Gasteiger partial charge in [0.25, 0.3) is 0 Å². The van der Waals surface area contributed by atoms with Crippen molar-refractivity contribution in [3.63, 3.8) is 0 Å². The molecule has 1 atom stereocenters. The number of hydrogen-bond donors (Lipinski definition) is 1. The minimum Gasteiger partial charge on any atom is -0.309 e. The quantitative estimate of drug-likeness (QED) is 0.697. The van der Waals surface area contributed by atoms with Gasteiger partial charge in [0.05, 0.1) is 0 Å². The van der Waals surface area contributed by atoms with E-state index in [2.05, 4.69) is 58.7 Å². The molecular formula is C15H20BrNS2. The van der Waals surface area contributed by atoms with Crippen LogP contribution in [0.4, 0.5) is 0 Å². The molecule has 2 aromatic rings. The molecule has 1 unspecified atom stereocenters. The van der Waals surface area contributed by atoms with Gasteiger partial charge in [-0.15, -0.1) is 22.7 Å². The summed E-state index contributed by atoms with van der Waals surface area (Å²) in [6.45, 7) is 5.52. The lowest BCUT2D eigenvalue weighted by Gasteiger charge is -2.16. The van der Waals surface area contributed by atoms with Gasteiger partial charge in [-0.2, -0.15) is 0 Å². The van der Waals surface area contributed by atoms with Crippen LogP contribution in [0, 0.1) is 0 Å². The van der Waals surface area contributed by atoms with Crippen molar-refractivity contribution in [1.29, 1.82) is 0 Å². The van der Waals surface area contributed by atoms with E-state index in [-0.39, 0.29) is 0 Å².